The lowest BCUT2D eigenvalue weighted by Crippen LogP contribution is -2.32. The first-order chi connectivity index (χ1) is 11.9. The highest BCUT2D eigenvalue weighted by molar-refractivity contribution is 6.03. The van der Waals surface area contributed by atoms with E-state index in [1.165, 1.54) is 18.4 Å². The fourth-order valence-corrected chi connectivity index (χ4v) is 3.53. The number of nitrogens with zero attached hydrogens (tertiary/aromatic N) is 2. The summed E-state index contributed by atoms with van der Waals surface area (Å²) in [6.07, 6.45) is 4.25. The number of benzene rings is 1. The molecule has 1 amide bonds. The van der Waals surface area contributed by atoms with E-state index >= 15 is 0 Å². The van der Waals surface area contributed by atoms with Crippen molar-refractivity contribution in [3.63, 3.8) is 0 Å². The Kier molecular flexibility index (Phi) is 5.07. The van der Waals surface area contributed by atoms with Gasteiger partial charge in [-0.3, -0.25) is 4.79 Å². The summed E-state index contributed by atoms with van der Waals surface area (Å²) in [4.78, 5) is 19.3. The molecule has 1 fully saturated rings. The predicted octanol–water partition coefficient (Wildman–Crippen LogP) is 4.50. The van der Waals surface area contributed by atoms with Crippen LogP contribution in [0.3, 0.4) is 0 Å². The third-order valence-electron chi connectivity index (χ3n) is 5.04. The van der Waals surface area contributed by atoms with Crippen molar-refractivity contribution in [3.05, 3.63) is 52.8 Å². The number of hydrogen-bond donors (Lipinski definition) is 1. The van der Waals surface area contributed by atoms with Gasteiger partial charge in [-0.15, -0.1) is 0 Å². The molecule has 0 atom stereocenters. The summed E-state index contributed by atoms with van der Waals surface area (Å²) < 4.78 is 0. The van der Waals surface area contributed by atoms with E-state index in [0.717, 1.165) is 41.5 Å². The van der Waals surface area contributed by atoms with Crippen LogP contribution in [0, 0.1) is 26.7 Å². The summed E-state index contributed by atoms with van der Waals surface area (Å²) >= 11 is 0. The Balaban J connectivity index is 1.71. The zero-order valence-corrected chi connectivity index (χ0v) is 15.6. The second-order valence-electron chi connectivity index (χ2n) is 7.30. The van der Waals surface area contributed by atoms with Crippen molar-refractivity contribution in [3.8, 4) is 0 Å². The lowest BCUT2D eigenvalue weighted by atomic mass is 9.99. The van der Waals surface area contributed by atoms with Gasteiger partial charge < -0.3 is 10.2 Å². The first-order valence-corrected chi connectivity index (χ1v) is 9.04. The van der Waals surface area contributed by atoms with Gasteiger partial charge >= 0.3 is 0 Å². The zero-order valence-electron chi connectivity index (χ0n) is 15.6. The van der Waals surface area contributed by atoms with Crippen LogP contribution < -0.4 is 10.2 Å². The van der Waals surface area contributed by atoms with Crippen LogP contribution in [-0.2, 0) is 0 Å². The van der Waals surface area contributed by atoms with Gasteiger partial charge in [-0.1, -0.05) is 24.6 Å². The maximum absolute atomic E-state index is 12.5. The number of amides is 1. The van der Waals surface area contributed by atoms with E-state index in [4.69, 9.17) is 0 Å². The van der Waals surface area contributed by atoms with Crippen molar-refractivity contribution in [2.24, 2.45) is 5.92 Å². The molecule has 1 N–H and O–H groups in total. The fourth-order valence-electron chi connectivity index (χ4n) is 3.53. The minimum atomic E-state index is -0.158. The molecule has 0 radical (unpaired) electrons. The Morgan fingerprint density at radius 1 is 1.12 bits per heavy atom. The van der Waals surface area contributed by atoms with Crippen molar-refractivity contribution in [2.45, 2.75) is 40.5 Å². The Morgan fingerprint density at radius 3 is 2.32 bits per heavy atom. The smallest absolute Gasteiger partial charge is 0.274 e. The zero-order chi connectivity index (χ0) is 18.0. The lowest BCUT2D eigenvalue weighted by molar-refractivity contribution is 0.102. The first-order valence-electron chi connectivity index (χ1n) is 9.04. The molecule has 132 valence electrons. The highest BCUT2D eigenvalue weighted by Crippen LogP contribution is 2.24. The number of hydrogen-bond acceptors (Lipinski definition) is 3. The van der Waals surface area contributed by atoms with E-state index in [-0.39, 0.29) is 5.91 Å². The number of aryl methyl sites for hydroxylation is 3. The maximum Gasteiger partial charge on any atom is 0.274 e. The number of carbonyl (C=O) groups is 1. The minimum absolute atomic E-state index is 0.158. The summed E-state index contributed by atoms with van der Waals surface area (Å²) in [5, 5.41) is 3.01. The van der Waals surface area contributed by atoms with Gasteiger partial charge in [-0.25, -0.2) is 4.98 Å². The van der Waals surface area contributed by atoms with Crippen molar-refractivity contribution in [1.29, 1.82) is 0 Å². The fraction of sp³-hybridized carbons (Fsp3) is 0.429. The first kappa shape index (κ1) is 17.5. The molecule has 4 heteroatoms. The van der Waals surface area contributed by atoms with Crippen molar-refractivity contribution in [2.75, 3.05) is 23.3 Å². The SMILES string of the molecule is Cc1cc(C)c(NC(=O)c2ccc(N3CCC(C)CC3)cn2)c(C)c1. The van der Waals surface area contributed by atoms with Crippen LogP contribution in [0.15, 0.2) is 30.5 Å². The van der Waals surface area contributed by atoms with Crippen molar-refractivity contribution >= 4 is 17.3 Å². The van der Waals surface area contributed by atoms with Gasteiger partial charge in [0.25, 0.3) is 5.91 Å². The van der Waals surface area contributed by atoms with E-state index in [1.54, 1.807) is 0 Å². The second-order valence-corrected chi connectivity index (χ2v) is 7.30. The minimum Gasteiger partial charge on any atom is -0.370 e. The van der Waals surface area contributed by atoms with Gasteiger partial charge in [0.15, 0.2) is 0 Å². The monoisotopic (exact) mass is 337 g/mol. The van der Waals surface area contributed by atoms with E-state index in [2.05, 4.69) is 41.2 Å². The van der Waals surface area contributed by atoms with Crippen molar-refractivity contribution in [1.82, 2.24) is 4.98 Å². The van der Waals surface area contributed by atoms with Gasteiger partial charge in [-0.2, -0.15) is 0 Å². The third-order valence-corrected chi connectivity index (χ3v) is 5.04. The molecule has 1 aromatic carbocycles. The molecular weight excluding hydrogens is 310 g/mol. The van der Waals surface area contributed by atoms with Crippen LogP contribution in [0.1, 0.15) is 46.9 Å². The van der Waals surface area contributed by atoms with Crippen LogP contribution >= 0.6 is 0 Å². The average molecular weight is 337 g/mol. The number of aromatic nitrogens is 1. The largest absolute Gasteiger partial charge is 0.370 e. The molecule has 0 aliphatic carbocycles. The van der Waals surface area contributed by atoms with Crippen LogP contribution in [0.2, 0.25) is 0 Å². The molecular formula is C21H27N3O. The molecule has 0 bridgehead atoms. The molecule has 1 saturated heterocycles. The van der Waals surface area contributed by atoms with Crippen LogP contribution in [0.4, 0.5) is 11.4 Å². The van der Waals surface area contributed by atoms with Gasteiger partial charge in [0.2, 0.25) is 0 Å². The summed E-state index contributed by atoms with van der Waals surface area (Å²) in [5.41, 5.74) is 5.78. The predicted molar refractivity (Wildman–Crippen MR) is 103 cm³/mol. The summed E-state index contributed by atoms with van der Waals surface area (Å²) in [5.74, 6) is 0.643. The summed E-state index contributed by atoms with van der Waals surface area (Å²) in [6, 6.07) is 7.99. The molecule has 0 unspecified atom stereocenters. The van der Waals surface area contributed by atoms with Gasteiger partial charge in [0.05, 0.1) is 11.9 Å². The number of piperidine rings is 1. The molecule has 2 heterocycles. The topological polar surface area (TPSA) is 45.2 Å². The molecule has 3 rings (SSSR count). The number of carbonyl (C=O) groups excluding carboxylic acids is 1. The van der Waals surface area contributed by atoms with E-state index in [0.29, 0.717) is 5.69 Å². The Morgan fingerprint density at radius 2 is 1.76 bits per heavy atom. The van der Waals surface area contributed by atoms with E-state index < -0.39 is 0 Å². The van der Waals surface area contributed by atoms with E-state index in [9.17, 15) is 4.79 Å². The highest BCUT2D eigenvalue weighted by atomic mass is 16.1. The molecule has 1 aliphatic rings. The maximum atomic E-state index is 12.5. The quantitative estimate of drug-likeness (QED) is 0.897. The van der Waals surface area contributed by atoms with Crippen LogP contribution in [-0.4, -0.2) is 24.0 Å². The van der Waals surface area contributed by atoms with Crippen LogP contribution in [0.25, 0.3) is 0 Å². The summed E-state index contributed by atoms with van der Waals surface area (Å²) in [6.45, 7) is 10.5. The van der Waals surface area contributed by atoms with Gasteiger partial charge in [0.1, 0.15) is 5.69 Å². The highest BCUT2D eigenvalue weighted by Gasteiger charge is 2.17. The Labute approximate surface area is 150 Å². The number of anilines is 2. The van der Waals surface area contributed by atoms with Gasteiger partial charge in [-0.05, 0) is 62.8 Å². The molecule has 1 aromatic heterocycles. The van der Waals surface area contributed by atoms with Crippen molar-refractivity contribution < 1.29 is 4.79 Å². The number of rotatable bonds is 3. The molecule has 1 aliphatic heterocycles. The molecule has 0 spiro atoms. The standard InChI is InChI=1S/C21H27N3O/c1-14-7-9-24(10-8-14)18-5-6-19(22-13-18)21(25)23-20-16(3)11-15(2)12-17(20)4/h5-6,11-14H,7-10H2,1-4H3,(H,23,25). The molecule has 2 aromatic rings. The Bertz CT molecular complexity index is 736. The van der Waals surface area contributed by atoms with E-state index in [1.807, 2.05) is 32.2 Å². The molecule has 4 nitrogen and oxygen atoms in total. The summed E-state index contributed by atoms with van der Waals surface area (Å²) in [7, 11) is 0. The molecule has 25 heavy (non-hydrogen) atoms. The third kappa shape index (κ3) is 4.01. The number of pyridine rings is 1. The Hall–Kier alpha value is -2.36. The lowest BCUT2D eigenvalue weighted by Gasteiger charge is -2.31. The normalized spacial score (nSPS) is 15.3. The molecule has 0 saturated carbocycles. The number of nitrogens with one attached hydrogen (secondary N) is 1. The second kappa shape index (κ2) is 7.26. The average Bonchev–Trinajstić information content (AvgIpc) is 2.59. The van der Waals surface area contributed by atoms with Gasteiger partial charge in [0, 0.05) is 18.8 Å². The van der Waals surface area contributed by atoms with Crippen LogP contribution in [0.5, 0.6) is 0 Å².